The van der Waals surface area contributed by atoms with E-state index in [2.05, 4.69) is 30.7 Å². The van der Waals surface area contributed by atoms with E-state index in [9.17, 15) is 0 Å². The van der Waals surface area contributed by atoms with Gasteiger partial charge in [-0.05, 0) is 12.3 Å². The number of aromatic nitrogens is 2. The van der Waals surface area contributed by atoms with Gasteiger partial charge >= 0.3 is 0 Å². The van der Waals surface area contributed by atoms with Crippen LogP contribution < -0.4 is 0 Å². The predicted octanol–water partition coefficient (Wildman–Crippen LogP) is 2.88. The summed E-state index contributed by atoms with van der Waals surface area (Å²) in [5.74, 6) is 1.70. The molecule has 0 unspecified atom stereocenters. The summed E-state index contributed by atoms with van der Waals surface area (Å²) in [7, 11) is 0. The van der Waals surface area contributed by atoms with Gasteiger partial charge in [-0.2, -0.15) is 0 Å². The fourth-order valence-electron chi connectivity index (χ4n) is 1.14. The summed E-state index contributed by atoms with van der Waals surface area (Å²) in [5, 5.41) is 0. The van der Waals surface area contributed by atoms with Gasteiger partial charge in [-0.3, -0.25) is 0 Å². The molecule has 0 saturated carbocycles. The van der Waals surface area contributed by atoms with E-state index in [0.29, 0.717) is 5.92 Å². The maximum absolute atomic E-state index is 4.32. The number of hydrogen-bond acceptors (Lipinski definition) is 1. The van der Waals surface area contributed by atoms with Crippen LogP contribution in [0.15, 0.2) is 6.20 Å². The first-order valence-corrected chi connectivity index (χ1v) is 4.77. The zero-order valence-corrected chi connectivity index (χ0v) is 8.22. The number of aromatic amines is 1. The van der Waals surface area contributed by atoms with Gasteiger partial charge in [0, 0.05) is 18.3 Å². The molecule has 1 aromatic rings. The van der Waals surface area contributed by atoms with Gasteiger partial charge in [0.1, 0.15) is 5.82 Å². The molecule has 1 aromatic heterocycles. The summed E-state index contributed by atoms with van der Waals surface area (Å²) < 4.78 is 0. The molecule has 0 saturated heterocycles. The highest BCUT2D eigenvalue weighted by Crippen LogP contribution is 2.11. The fraction of sp³-hybridized carbons (Fsp3) is 0.700. The quantitative estimate of drug-likeness (QED) is 0.732. The van der Waals surface area contributed by atoms with Crippen LogP contribution in [0, 0.1) is 0 Å². The van der Waals surface area contributed by atoms with Crippen molar-refractivity contribution >= 4 is 0 Å². The molecule has 0 aliphatic rings. The van der Waals surface area contributed by atoms with Crippen LogP contribution >= 0.6 is 0 Å². The zero-order chi connectivity index (χ0) is 8.97. The molecule has 0 bridgehead atoms. The second-order valence-corrected chi connectivity index (χ2v) is 3.54. The molecular formula is C10H18N2. The summed E-state index contributed by atoms with van der Waals surface area (Å²) in [6.07, 6.45) is 5.50. The maximum atomic E-state index is 4.32. The summed E-state index contributed by atoms with van der Waals surface area (Å²) in [4.78, 5) is 7.66. The highest BCUT2D eigenvalue weighted by atomic mass is 14.9. The summed E-state index contributed by atoms with van der Waals surface area (Å²) >= 11 is 0. The van der Waals surface area contributed by atoms with Crippen molar-refractivity contribution in [2.45, 2.75) is 46.0 Å². The Morgan fingerprint density at radius 2 is 2.25 bits per heavy atom. The average Bonchev–Trinajstić information content (AvgIpc) is 2.48. The molecule has 1 heterocycles. The molecule has 0 amide bonds. The van der Waals surface area contributed by atoms with Gasteiger partial charge in [0.15, 0.2) is 0 Å². The van der Waals surface area contributed by atoms with E-state index in [-0.39, 0.29) is 0 Å². The number of nitrogens with one attached hydrogen (secondary N) is 1. The predicted molar refractivity (Wildman–Crippen MR) is 51.3 cm³/mol. The molecule has 0 fully saturated rings. The first-order chi connectivity index (χ1) is 5.74. The molecular weight excluding hydrogens is 148 g/mol. The normalized spacial score (nSPS) is 11.0. The molecule has 68 valence electrons. The SMILES string of the molecule is CCCCc1ncc(C(C)C)[nH]1. The van der Waals surface area contributed by atoms with Crippen LogP contribution in [0.4, 0.5) is 0 Å². The third kappa shape index (κ3) is 2.36. The highest BCUT2D eigenvalue weighted by molar-refractivity contribution is 5.05. The van der Waals surface area contributed by atoms with Crippen LogP contribution in [0.25, 0.3) is 0 Å². The lowest BCUT2D eigenvalue weighted by atomic mass is 10.2. The smallest absolute Gasteiger partial charge is 0.106 e. The average molecular weight is 166 g/mol. The largest absolute Gasteiger partial charge is 0.346 e. The number of unbranched alkanes of at least 4 members (excludes halogenated alkanes) is 1. The second kappa shape index (κ2) is 4.29. The van der Waals surface area contributed by atoms with Crippen molar-refractivity contribution in [1.82, 2.24) is 9.97 Å². The topological polar surface area (TPSA) is 28.7 Å². The molecule has 0 aromatic carbocycles. The lowest BCUT2D eigenvalue weighted by molar-refractivity contribution is 0.753. The van der Waals surface area contributed by atoms with E-state index in [4.69, 9.17) is 0 Å². The van der Waals surface area contributed by atoms with Gasteiger partial charge < -0.3 is 4.98 Å². The first-order valence-electron chi connectivity index (χ1n) is 4.77. The van der Waals surface area contributed by atoms with E-state index in [0.717, 1.165) is 12.2 Å². The van der Waals surface area contributed by atoms with Gasteiger partial charge in [0.25, 0.3) is 0 Å². The van der Waals surface area contributed by atoms with E-state index in [1.807, 2.05) is 6.20 Å². The van der Waals surface area contributed by atoms with Crippen LogP contribution in [0.5, 0.6) is 0 Å². The van der Waals surface area contributed by atoms with Crippen molar-refractivity contribution in [1.29, 1.82) is 0 Å². The third-order valence-corrected chi connectivity index (χ3v) is 2.04. The Morgan fingerprint density at radius 3 is 2.75 bits per heavy atom. The molecule has 0 aliphatic heterocycles. The molecule has 0 radical (unpaired) electrons. The van der Waals surface area contributed by atoms with Crippen molar-refractivity contribution < 1.29 is 0 Å². The molecule has 0 spiro atoms. The number of imidazole rings is 1. The van der Waals surface area contributed by atoms with E-state index >= 15 is 0 Å². The minimum absolute atomic E-state index is 0.563. The van der Waals surface area contributed by atoms with Crippen molar-refractivity contribution in [3.8, 4) is 0 Å². The molecule has 2 nitrogen and oxygen atoms in total. The molecule has 1 N–H and O–H groups in total. The number of rotatable bonds is 4. The Hall–Kier alpha value is -0.790. The highest BCUT2D eigenvalue weighted by Gasteiger charge is 2.02. The third-order valence-electron chi connectivity index (χ3n) is 2.04. The van der Waals surface area contributed by atoms with Crippen LogP contribution in [0.1, 0.15) is 51.0 Å². The fourth-order valence-corrected chi connectivity index (χ4v) is 1.14. The van der Waals surface area contributed by atoms with E-state index < -0.39 is 0 Å². The Kier molecular flexibility index (Phi) is 3.32. The minimum atomic E-state index is 0.563. The molecule has 0 aliphatic carbocycles. The minimum Gasteiger partial charge on any atom is -0.346 e. The van der Waals surface area contributed by atoms with Gasteiger partial charge in [-0.25, -0.2) is 4.98 Å². The van der Waals surface area contributed by atoms with E-state index in [1.165, 1.54) is 18.5 Å². The Labute approximate surface area is 74.4 Å². The lowest BCUT2D eigenvalue weighted by Crippen LogP contribution is -1.90. The Balaban J connectivity index is 2.52. The number of H-pyrrole nitrogens is 1. The van der Waals surface area contributed by atoms with Gasteiger partial charge in [-0.15, -0.1) is 0 Å². The zero-order valence-electron chi connectivity index (χ0n) is 8.22. The van der Waals surface area contributed by atoms with Gasteiger partial charge in [0.2, 0.25) is 0 Å². The Morgan fingerprint density at radius 1 is 1.50 bits per heavy atom. The molecule has 0 atom stereocenters. The standard InChI is InChI=1S/C10H18N2/c1-4-5-6-10-11-7-9(12-10)8(2)3/h7-8H,4-6H2,1-3H3,(H,11,12). The van der Waals surface area contributed by atoms with E-state index in [1.54, 1.807) is 0 Å². The summed E-state index contributed by atoms with van der Waals surface area (Å²) in [6, 6.07) is 0. The molecule has 1 rings (SSSR count). The van der Waals surface area contributed by atoms with Crippen LogP contribution in [0.2, 0.25) is 0 Å². The van der Waals surface area contributed by atoms with Crippen LogP contribution in [-0.2, 0) is 6.42 Å². The van der Waals surface area contributed by atoms with Crippen LogP contribution in [0.3, 0.4) is 0 Å². The second-order valence-electron chi connectivity index (χ2n) is 3.54. The number of nitrogens with zero attached hydrogens (tertiary/aromatic N) is 1. The summed E-state index contributed by atoms with van der Waals surface area (Å²) in [6.45, 7) is 6.56. The van der Waals surface area contributed by atoms with Crippen molar-refractivity contribution in [3.63, 3.8) is 0 Å². The van der Waals surface area contributed by atoms with Crippen molar-refractivity contribution in [2.75, 3.05) is 0 Å². The first kappa shape index (κ1) is 9.30. The number of hydrogen-bond donors (Lipinski definition) is 1. The molecule has 12 heavy (non-hydrogen) atoms. The lowest BCUT2D eigenvalue weighted by Gasteiger charge is -1.98. The maximum Gasteiger partial charge on any atom is 0.106 e. The van der Waals surface area contributed by atoms with Gasteiger partial charge in [0.05, 0.1) is 0 Å². The van der Waals surface area contributed by atoms with Gasteiger partial charge in [-0.1, -0.05) is 27.2 Å². The van der Waals surface area contributed by atoms with Crippen molar-refractivity contribution in [2.24, 2.45) is 0 Å². The summed E-state index contributed by atoms with van der Waals surface area (Å²) in [5.41, 5.74) is 1.25. The number of aryl methyl sites for hydroxylation is 1. The van der Waals surface area contributed by atoms with Crippen molar-refractivity contribution in [3.05, 3.63) is 17.7 Å². The Bertz CT molecular complexity index is 225. The monoisotopic (exact) mass is 166 g/mol. The molecule has 2 heteroatoms. The van der Waals surface area contributed by atoms with Crippen LogP contribution in [-0.4, -0.2) is 9.97 Å².